The summed E-state index contributed by atoms with van der Waals surface area (Å²) >= 11 is 6.10. The van der Waals surface area contributed by atoms with Gasteiger partial charge in [-0.2, -0.15) is 0 Å². The van der Waals surface area contributed by atoms with Gasteiger partial charge in [0, 0.05) is 17.0 Å². The van der Waals surface area contributed by atoms with Gasteiger partial charge in [-0.15, -0.1) is 5.10 Å². The van der Waals surface area contributed by atoms with Gasteiger partial charge in [0.2, 0.25) is 0 Å². The van der Waals surface area contributed by atoms with Crippen LogP contribution in [0.1, 0.15) is 27.3 Å². The van der Waals surface area contributed by atoms with Crippen LogP contribution in [0.3, 0.4) is 0 Å². The van der Waals surface area contributed by atoms with Crippen molar-refractivity contribution in [2.75, 3.05) is 6.61 Å². The predicted octanol–water partition coefficient (Wildman–Crippen LogP) is 1.92. The molecule has 3 rings (SSSR count). The summed E-state index contributed by atoms with van der Waals surface area (Å²) in [7, 11) is 0. The van der Waals surface area contributed by atoms with E-state index in [-0.39, 0.29) is 5.69 Å². The quantitative estimate of drug-likeness (QED) is 0.935. The molecule has 1 aliphatic heterocycles. The lowest BCUT2D eigenvalue weighted by molar-refractivity contribution is 0.0689. The average molecular weight is 294 g/mol. The first kappa shape index (κ1) is 12.9. The van der Waals surface area contributed by atoms with Gasteiger partial charge in [-0.05, 0) is 24.6 Å². The number of carbonyl (C=O) groups is 1. The van der Waals surface area contributed by atoms with Crippen molar-refractivity contribution in [3.05, 3.63) is 39.7 Å². The number of fused-ring (bicyclic) bond motifs is 1. The van der Waals surface area contributed by atoms with E-state index in [2.05, 4.69) is 10.3 Å². The lowest BCUT2D eigenvalue weighted by Crippen LogP contribution is -2.07. The molecule has 2 aromatic rings. The Labute approximate surface area is 119 Å². The zero-order valence-electron chi connectivity index (χ0n) is 10.8. The highest BCUT2D eigenvalue weighted by Gasteiger charge is 2.20. The van der Waals surface area contributed by atoms with Crippen molar-refractivity contribution in [3.63, 3.8) is 0 Å². The molecule has 1 aromatic carbocycles. The number of aromatic carboxylic acids is 1. The molecule has 2 heterocycles. The van der Waals surface area contributed by atoms with Crippen molar-refractivity contribution in [2.45, 2.75) is 19.9 Å². The van der Waals surface area contributed by atoms with Gasteiger partial charge >= 0.3 is 5.97 Å². The van der Waals surface area contributed by atoms with Gasteiger partial charge in [0.1, 0.15) is 5.75 Å². The third kappa shape index (κ3) is 2.12. The van der Waals surface area contributed by atoms with E-state index in [4.69, 9.17) is 21.4 Å². The number of carboxylic acids is 1. The minimum Gasteiger partial charge on any atom is -0.493 e. The second-order valence-electron chi connectivity index (χ2n) is 4.64. The Morgan fingerprint density at radius 3 is 3.05 bits per heavy atom. The van der Waals surface area contributed by atoms with Gasteiger partial charge in [0.05, 0.1) is 18.8 Å². The SMILES string of the molecule is Cc1c(C(=O)O)nnn1Cc1cc(Cl)cc2c1OCC2. The van der Waals surface area contributed by atoms with Crippen molar-refractivity contribution in [1.82, 2.24) is 15.0 Å². The van der Waals surface area contributed by atoms with E-state index in [0.29, 0.717) is 23.9 Å². The van der Waals surface area contributed by atoms with Crippen LogP contribution in [0.5, 0.6) is 5.75 Å². The van der Waals surface area contributed by atoms with Gasteiger partial charge in [-0.25, -0.2) is 9.48 Å². The summed E-state index contributed by atoms with van der Waals surface area (Å²) in [4.78, 5) is 11.0. The van der Waals surface area contributed by atoms with Crippen molar-refractivity contribution in [1.29, 1.82) is 0 Å². The van der Waals surface area contributed by atoms with Crippen molar-refractivity contribution in [3.8, 4) is 5.75 Å². The van der Waals surface area contributed by atoms with Gasteiger partial charge in [-0.3, -0.25) is 0 Å². The fraction of sp³-hybridized carbons (Fsp3) is 0.308. The van der Waals surface area contributed by atoms with Crippen LogP contribution < -0.4 is 4.74 Å². The smallest absolute Gasteiger partial charge is 0.358 e. The molecular formula is C13H12ClN3O3. The Bertz CT molecular complexity index is 696. The molecule has 0 radical (unpaired) electrons. The summed E-state index contributed by atoms with van der Waals surface area (Å²) in [6.45, 7) is 2.70. The van der Waals surface area contributed by atoms with Crippen LogP contribution in [0, 0.1) is 6.92 Å². The van der Waals surface area contributed by atoms with Crippen molar-refractivity contribution in [2.24, 2.45) is 0 Å². The van der Waals surface area contributed by atoms with E-state index in [1.54, 1.807) is 6.92 Å². The topological polar surface area (TPSA) is 77.2 Å². The van der Waals surface area contributed by atoms with Crippen molar-refractivity contribution >= 4 is 17.6 Å². The average Bonchev–Trinajstić information content (AvgIpc) is 2.97. The summed E-state index contributed by atoms with van der Waals surface area (Å²) < 4.78 is 7.15. The molecule has 104 valence electrons. The summed E-state index contributed by atoms with van der Waals surface area (Å²) in [5.74, 6) is -0.262. The molecule has 0 aliphatic carbocycles. The number of rotatable bonds is 3. The maximum atomic E-state index is 11.0. The van der Waals surface area contributed by atoms with Gasteiger partial charge < -0.3 is 9.84 Å². The number of aromatic nitrogens is 3. The van der Waals surface area contributed by atoms with E-state index in [9.17, 15) is 4.79 Å². The summed E-state index contributed by atoms with van der Waals surface area (Å²) in [5.41, 5.74) is 2.42. The van der Waals surface area contributed by atoms with E-state index >= 15 is 0 Å². The molecule has 20 heavy (non-hydrogen) atoms. The lowest BCUT2D eigenvalue weighted by atomic mass is 10.1. The summed E-state index contributed by atoms with van der Waals surface area (Å²) in [5, 5.41) is 17.2. The molecule has 1 N–H and O–H groups in total. The Kier molecular flexibility index (Phi) is 3.10. The second kappa shape index (κ2) is 4.79. The molecule has 0 saturated carbocycles. The normalized spacial score (nSPS) is 13.1. The number of ether oxygens (including phenoxy) is 1. The molecule has 1 aromatic heterocycles. The van der Waals surface area contributed by atoms with E-state index in [1.165, 1.54) is 4.68 Å². The number of benzene rings is 1. The first-order chi connectivity index (χ1) is 9.56. The van der Waals surface area contributed by atoms with Crippen LogP contribution in [-0.2, 0) is 13.0 Å². The Morgan fingerprint density at radius 1 is 1.55 bits per heavy atom. The third-order valence-electron chi connectivity index (χ3n) is 3.33. The highest BCUT2D eigenvalue weighted by atomic mass is 35.5. The fourth-order valence-corrected chi connectivity index (χ4v) is 2.60. The minimum absolute atomic E-state index is 0.0374. The molecule has 0 spiro atoms. The maximum Gasteiger partial charge on any atom is 0.358 e. The molecule has 1 aliphatic rings. The molecule has 0 amide bonds. The second-order valence-corrected chi connectivity index (χ2v) is 5.07. The molecule has 0 saturated heterocycles. The van der Waals surface area contributed by atoms with Crippen LogP contribution in [0.2, 0.25) is 5.02 Å². The molecule has 7 heteroatoms. The number of hydrogen-bond acceptors (Lipinski definition) is 4. The monoisotopic (exact) mass is 293 g/mol. The summed E-state index contributed by atoms with van der Waals surface area (Å²) in [6.07, 6.45) is 0.833. The van der Waals surface area contributed by atoms with Crippen molar-refractivity contribution < 1.29 is 14.6 Å². The zero-order valence-corrected chi connectivity index (χ0v) is 11.5. The number of nitrogens with zero attached hydrogens (tertiary/aromatic N) is 3. The molecule has 6 nitrogen and oxygen atoms in total. The van der Waals surface area contributed by atoms with Crippen LogP contribution >= 0.6 is 11.6 Å². The van der Waals surface area contributed by atoms with E-state index in [0.717, 1.165) is 23.3 Å². The predicted molar refractivity (Wildman–Crippen MR) is 71.5 cm³/mol. The highest BCUT2D eigenvalue weighted by Crippen LogP contribution is 2.33. The van der Waals surface area contributed by atoms with Gasteiger partial charge in [0.25, 0.3) is 0 Å². The van der Waals surface area contributed by atoms with E-state index in [1.807, 2.05) is 12.1 Å². The first-order valence-electron chi connectivity index (χ1n) is 6.13. The Hall–Kier alpha value is -2.08. The molecular weight excluding hydrogens is 282 g/mol. The van der Waals surface area contributed by atoms with Gasteiger partial charge in [-0.1, -0.05) is 16.8 Å². The largest absolute Gasteiger partial charge is 0.493 e. The van der Waals surface area contributed by atoms with Crippen LogP contribution in [0.25, 0.3) is 0 Å². The van der Waals surface area contributed by atoms with Gasteiger partial charge in [0.15, 0.2) is 5.69 Å². The van der Waals surface area contributed by atoms with Crippen LogP contribution in [0.4, 0.5) is 0 Å². The number of hydrogen-bond donors (Lipinski definition) is 1. The lowest BCUT2D eigenvalue weighted by Gasteiger charge is -2.09. The summed E-state index contributed by atoms with van der Waals surface area (Å²) in [6, 6.07) is 3.71. The number of carboxylic acid groups (broad SMARTS) is 1. The number of halogens is 1. The van der Waals surface area contributed by atoms with Crippen LogP contribution in [-0.4, -0.2) is 32.7 Å². The zero-order chi connectivity index (χ0) is 14.3. The maximum absolute atomic E-state index is 11.0. The molecule has 0 bridgehead atoms. The van der Waals surface area contributed by atoms with E-state index < -0.39 is 5.97 Å². The third-order valence-corrected chi connectivity index (χ3v) is 3.55. The highest BCUT2D eigenvalue weighted by molar-refractivity contribution is 6.30. The molecule has 0 unspecified atom stereocenters. The minimum atomic E-state index is -1.08. The standard InChI is InChI=1S/C13H12ClN3O3/c1-7-11(13(18)19)15-16-17(7)6-9-5-10(14)4-8-2-3-20-12(8)9/h4-5H,2-3,6H2,1H3,(H,18,19). The first-order valence-corrected chi connectivity index (χ1v) is 6.51. The Balaban J connectivity index is 1.98. The molecule has 0 atom stereocenters. The Morgan fingerprint density at radius 2 is 2.35 bits per heavy atom. The fourth-order valence-electron chi connectivity index (χ4n) is 2.33. The molecule has 0 fully saturated rings. The van der Waals surface area contributed by atoms with Crippen LogP contribution in [0.15, 0.2) is 12.1 Å².